The second-order valence-corrected chi connectivity index (χ2v) is 7.17. The van der Waals surface area contributed by atoms with Gasteiger partial charge in [-0.05, 0) is 38.1 Å². The normalized spacial score (nSPS) is 10.5. The number of Topliss-reactive ketones (excluding diaryl/α,β-unsaturated/α-hetero) is 1. The number of ketones is 1. The SMILES string of the molecule is COc1ccccc1-c1nc(C)c(CC(=O)Nc2cccc(C(C)=O)c2)s1. The number of thiazole rings is 1. The van der Waals surface area contributed by atoms with Gasteiger partial charge in [0.15, 0.2) is 5.78 Å². The Morgan fingerprint density at radius 3 is 2.67 bits per heavy atom. The third-order valence-corrected chi connectivity index (χ3v) is 5.29. The smallest absolute Gasteiger partial charge is 0.229 e. The summed E-state index contributed by atoms with van der Waals surface area (Å²) in [6.45, 7) is 3.40. The van der Waals surface area contributed by atoms with Crippen LogP contribution in [0.4, 0.5) is 5.69 Å². The van der Waals surface area contributed by atoms with Gasteiger partial charge in [-0.2, -0.15) is 0 Å². The summed E-state index contributed by atoms with van der Waals surface area (Å²) in [5, 5.41) is 3.67. The Balaban J connectivity index is 1.76. The molecule has 1 amide bonds. The molecule has 3 aromatic rings. The topological polar surface area (TPSA) is 68.3 Å². The summed E-state index contributed by atoms with van der Waals surface area (Å²) in [6.07, 6.45) is 0.225. The Bertz CT molecular complexity index is 995. The zero-order valence-corrected chi connectivity index (χ0v) is 16.2. The van der Waals surface area contributed by atoms with Crippen LogP contribution in [0.2, 0.25) is 0 Å². The lowest BCUT2D eigenvalue weighted by Crippen LogP contribution is -2.14. The van der Waals surface area contributed by atoms with E-state index in [9.17, 15) is 9.59 Å². The van der Waals surface area contributed by atoms with Crippen LogP contribution >= 0.6 is 11.3 Å². The molecule has 138 valence electrons. The van der Waals surface area contributed by atoms with Gasteiger partial charge in [0, 0.05) is 16.1 Å². The first-order valence-corrected chi connectivity index (χ1v) is 9.30. The number of anilines is 1. The summed E-state index contributed by atoms with van der Waals surface area (Å²) in [5.74, 6) is 0.572. The van der Waals surface area contributed by atoms with Crippen LogP contribution in [0, 0.1) is 6.92 Å². The number of nitrogens with zero attached hydrogens (tertiary/aromatic N) is 1. The Morgan fingerprint density at radius 1 is 1.15 bits per heavy atom. The fraction of sp³-hybridized carbons (Fsp3) is 0.190. The molecule has 3 rings (SSSR count). The van der Waals surface area contributed by atoms with Crippen molar-refractivity contribution in [3.8, 4) is 16.3 Å². The van der Waals surface area contributed by atoms with Crippen molar-refractivity contribution in [3.63, 3.8) is 0 Å². The number of aryl methyl sites for hydroxylation is 1. The van der Waals surface area contributed by atoms with Crippen LogP contribution in [0.15, 0.2) is 48.5 Å². The molecule has 0 aliphatic heterocycles. The van der Waals surface area contributed by atoms with Crippen LogP contribution < -0.4 is 10.1 Å². The zero-order valence-electron chi connectivity index (χ0n) is 15.4. The number of nitrogens with one attached hydrogen (secondary N) is 1. The number of rotatable bonds is 6. The monoisotopic (exact) mass is 380 g/mol. The van der Waals surface area contributed by atoms with Crippen molar-refractivity contribution in [1.82, 2.24) is 4.98 Å². The Kier molecular flexibility index (Phi) is 5.66. The van der Waals surface area contributed by atoms with Crippen molar-refractivity contribution in [1.29, 1.82) is 0 Å². The predicted octanol–water partition coefficient (Wildman–Crippen LogP) is 4.51. The highest BCUT2D eigenvalue weighted by Gasteiger charge is 2.15. The van der Waals surface area contributed by atoms with Crippen LogP contribution in [-0.2, 0) is 11.2 Å². The van der Waals surface area contributed by atoms with Crippen LogP contribution in [0.25, 0.3) is 10.6 Å². The maximum atomic E-state index is 12.4. The third kappa shape index (κ3) is 4.41. The first-order chi connectivity index (χ1) is 13.0. The lowest BCUT2D eigenvalue weighted by Gasteiger charge is -2.06. The standard InChI is InChI=1S/C21H20N2O3S/c1-13-19(27-21(22-13)17-9-4-5-10-18(17)26-3)12-20(25)23-16-8-6-7-15(11-16)14(2)24/h4-11H,12H2,1-3H3,(H,23,25). The van der Waals surface area contributed by atoms with Crippen LogP contribution in [-0.4, -0.2) is 23.8 Å². The number of amides is 1. The molecule has 6 heteroatoms. The average Bonchev–Trinajstić information content (AvgIpc) is 3.02. The van der Waals surface area contributed by atoms with Crippen molar-refractivity contribution in [2.24, 2.45) is 0 Å². The first-order valence-electron chi connectivity index (χ1n) is 8.48. The minimum atomic E-state index is -0.144. The van der Waals surface area contributed by atoms with E-state index in [0.717, 1.165) is 26.9 Å². The molecule has 0 saturated carbocycles. The molecule has 5 nitrogen and oxygen atoms in total. The van der Waals surface area contributed by atoms with Crippen molar-refractivity contribution < 1.29 is 14.3 Å². The Morgan fingerprint density at radius 2 is 1.93 bits per heavy atom. The fourth-order valence-corrected chi connectivity index (χ4v) is 3.79. The second-order valence-electron chi connectivity index (χ2n) is 6.09. The Hall–Kier alpha value is -2.99. The summed E-state index contributed by atoms with van der Waals surface area (Å²) in [5.41, 5.74) is 2.92. The molecule has 2 aromatic carbocycles. The lowest BCUT2D eigenvalue weighted by molar-refractivity contribution is -0.115. The molecule has 0 aliphatic rings. The molecular formula is C21H20N2O3S. The largest absolute Gasteiger partial charge is 0.496 e. The van der Waals surface area contributed by atoms with E-state index in [-0.39, 0.29) is 18.1 Å². The first kappa shape index (κ1) is 18.8. The van der Waals surface area contributed by atoms with Gasteiger partial charge in [0.05, 0.1) is 24.8 Å². The van der Waals surface area contributed by atoms with Gasteiger partial charge >= 0.3 is 0 Å². The maximum absolute atomic E-state index is 12.4. The van der Waals surface area contributed by atoms with Gasteiger partial charge in [-0.1, -0.05) is 24.3 Å². The molecule has 0 unspecified atom stereocenters. The van der Waals surface area contributed by atoms with Crippen LogP contribution in [0.3, 0.4) is 0 Å². The number of hydrogen-bond acceptors (Lipinski definition) is 5. The molecule has 0 spiro atoms. The van der Waals surface area contributed by atoms with Crippen LogP contribution in [0.5, 0.6) is 5.75 Å². The van der Waals surface area contributed by atoms with Crippen molar-refractivity contribution in [2.45, 2.75) is 20.3 Å². The summed E-state index contributed by atoms with van der Waals surface area (Å²) in [7, 11) is 1.63. The number of methoxy groups -OCH3 is 1. The van der Waals surface area contributed by atoms with Crippen molar-refractivity contribution >= 4 is 28.7 Å². The van der Waals surface area contributed by atoms with E-state index in [1.807, 2.05) is 31.2 Å². The summed E-state index contributed by atoms with van der Waals surface area (Å²) in [4.78, 5) is 29.4. The number of hydrogen-bond donors (Lipinski definition) is 1. The number of para-hydroxylation sites is 1. The number of carbonyl (C=O) groups excluding carboxylic acids is 2. The summed E-state index contributed by atoms with van der Waals surface area (Å²) in [6, 6.07) is 14.6. The van der Waals surface area contributed by atoms with Gasteiger partial charge in [-0.15, -0.1) is 11.3 Å². The zero-order chi connectivity index (χ0) is 19.4. The number of benzene rings is 2. The molecular weight excluding hydrogens is 360 g/mol. The number of ether oxygens (including phenoxy) is 1. The highest BCUT2D eigenvalue weighted by Crippen LogP contribution is 2.34. The molecule has 0 atom stereocenters. The van der Waals surface area contributed by atoms with E-state index in [2.05, 4.69) is 10.3 Å². The molecule has 0 aliphatic carbocycles. The van der Waals surface area contributed by atoms with Gasteiger partial charge in [-0.25, -0.2) is 4.98 Å². The molecule has 0 radical (unpaired) electrons. The Labute approximate surface area is 162 Å². The average molecular weight is 380 g/mol. The van der Waals surface area contributed by atoms with Gasteiger partial charge in [0.1, 0.15) is 10.8 Å². The highest BCUT2D eigenvalue weighted by atomic mass is 32.1. The molecule has 0 bridgehead atoms. The molecule has 1 aromatic heterocycles. The van der Waals surface area contributed by atoms with Gasteiger partial charge in [0.25, 0.3) is 0 Å². The molecule has 0 fully saturated rings. The quantitative estimate of drug-likeness (QED) is 0.639. The van der Waals surface area contributed by atoms with Crippen LogP contribution in [0.1, 0.15) is 27.9 Å². The summed E-state index contributed by atoms with van der Waals surface area (Å²) >= 11 is 1.48. The van der Waals surface area contributed by atoms with E-state index in [1.165, 1.54) is 18.3 Å². The highest BCUT2D eigenvalue weighted by molar-refractivity contribution is 7.15. The van der Waals surface area contributed by atoms with E-state index >= 15 is 0 Å². The minimum absolute atomic E-state index is 0.0362. The molecule has 1 N–H and O–H groups in total. The van der Waals surface area contributed by atoms with Gasteiger partial charge in [0.2, 0.25) is 5.91 Å². The predicted molar refractivity (Wildman–Crippen MR) is 108 cm³/mol. The number of carbonyl (C=O) groups is 2. The van der Waals surface area contributed by atoms with E-state index < -0.39 is 0 Å². The second kappa shape index (κ2) is 8.14. The molecule has 1 heterocycles. The fourth-order valence-electron chi connectivity index (χ4n) is 2.70. The van der Waals surface area contributed by atoms with E-state index in [0.29, 0.717) is 11.3 Å². The molecule has 0 saturated heterocycles. The maximum Gasteiger partial charge on any atom is 0.229 e. The molecule has 27 heavy (non-hydrogen) atoms. The van der Waals surface area contributed by atoms with E-state index in [1.54, 1.807) is 31.4 Å². The minimum Gasteiger partial charge on any atom is -0.496 e. The number of aromatic nitrogens is 1. The van der Waals surface area contributed by atoms with Crippen molar-refractivity contribution in [3.05, 3.63) is 64.7 Å². The third-order valence-electron chi connectivity index (χ3n) is 4.10. The van der Waals surface area contributed by atoms with Crippen molar-refractivity contribution in [2.75, 3.05) is 12.4 Å². The lowest BCUT2D eigenvalue weighted by atomic mass is 10.1. The summed E-state index contributed by atoms with van der Waals surface area (Å²) < 4.78 is 5.40. The van der Waals surface area contributed by atoms with E-state index in [4.69, 9.17) is 4.74 Å². The van der Waals surface area contributed by atoms with Gasteiger partial charge < -0.3 is 10.1 Å². The van der Waals surface area contributed by atoms with Gasteiger partial charge in [-0.3, -0.25) is 9.59 Å².